The van der Waals surface area contributed by atoms with E-state index in [1.807, 2.05) is 0 Å². The summed E-state index contributed by atoms with van der Waals surface area (Å²) in [6.07, 6.45) is -2.91. The van der Waals surface area contributed by atoms with Crippen LogP contribution in [0.1, 0.15) is 35.9 Å². The van der Waals surface area contributed by atoms with Gasteiger partial charge in [0.2, 0.25) is 0 Å². The van der Waals surface area contributed by atoms with Crippen LogP contribution in [-0.4, -0.2) is 35.2 Å². The Bertz CT molecular complexity index is 1840. The third kappa shape index (κ3) is 4.54. The monoisotopic (exact) mass is 559 g/mol. The molecule has 0 saturated carbocycles. The van der Waals surface area contributed by atoms with Gasteiger partial charge in [-0.2, -0.15) is 18.3 Å². The molecular formula is C25H18F5N7O3. The molecule has 0 unspecified atom stereocenters. The van der Waals surface area contributed by atoms with Crippen molar-refractivity contribution in [1.82, 2.24) is 29.3 Å². The predicted octanol–water partition coefficient (Wildman–Crippen LogP) is 4.74. The number of ether oxygens (including phenoxy) is 1. The van der Waals surface area contributed by atoms with E-state index in [4.69, 9.17) is 10.5 Å². The first-order valence-corrected chi connectivity index (χ1v) is 11.6. The lowest BCUT2D eigenvalue weighted by Gasteiger charge is -2.12. The number of amides is 1. The van der Waals surface area contributed by atoms with Gasteiger partial charge in [0.25, 0.3) is 5.91 Å². The van der Waals surface area contributed by atoms with Crippen LogP contribution in [0.4, 0.5) is 22.0 Å². The van der Waals surface area contributed by atoms with Crippen LogP contribution in [0.5, 0.6) is 11.5 Å². The number of aromatic nitrogens is 6. The fourth-order valence-corrected chi connectivity index (χ4v) is 4.24. The van der Waals surface area contributed by atoms with Crippen LogP contribution in [0.2, 0.25) is 0 Å². The fraction of sp³-hybridized carbons (Fsp3) is 0.160. The van der Waals surface area contributed by atoms with Gasteiger partial charge in [-0.05, 0) is 38.1 Å². The number of H-pyrrole nitrogens is 1. The lowest BCUT2D eigenvalue weighted by atomic mass is 10.0. The molecule has 0 bridgehead atoms. The molecule has 0 fully saturated rings. The van der Waals surface area contributed by atoms with Crippen molar-refractivity contribution < 1.29 is 31.5 Å². The van der Waals surface area contributed by atoms with Crippen LogP contribution < -0.4 is 16.2 Å². The second kappa shape index (κ2) is 9.59. The molecule has 5 rings (SSSR count). The van der Waals surface area contributed by atoms with Gasteiger partial charge < -0.3 is 10.5 Å². The van der Waals surface area contributed by atoms with Crippen molar-refractivity contribution in [2.75, 3.05) is 0 Å². The van der Waals surface area contributed by atoms with Gasteiger partial charge in [0.05, 0.1) is 5.56 Å². The van der Waals surface area contributed by atoms with Gasteiger partial charge in [-0.1, -0.05) is 0 Å². The number of nitrogens with two attached hydrogens (primary N) is 1. The lowest BCUT2D eigenvalue weighted by molar-refractivity contribution is -0.143. The Morgan fingerprint density at radius 3 is 2.40 bits per heavy atom. The number of aromatic amines is 1. The number of alkyl halides is 3. The van der Waals surface area contributed by atoms with Crippen molar-refractivity contribution in [1.29, 1.82) is 0 Å². The van der Waals surface area contributed by atoms with E-state index < -0.39 is 52.2 Å². The Balaban J connectivity index is 1.63. The Morgan fingerprint density at radius 2 is 1.77 bits per heavy atom. The number of pyridine rings is 2. The van der Waals surface area contributed by atoms with Crippen LogP contribution in [0.15, 0.2) is 53.6 Å². The first kappa shape index (κ1) is 26.5. The number of nitrogens with zero attached hydrogens (tertiary/aromatic N) is 5. The minimum atomic E-state index is -5.17. The second-order valence-corrected chi connectivity index (χ2v) is 8.83. The van der Waals surface area contributed by atoms with Crippen molar-refractivity contribution in [2.24, 2.45) is 5.73 Å². The summed E-state index contributed by atoms with van der Waals surface area (Å²) in [6.45, 7) is 3.51. The molecule has 10 nitrogen and oxygen atoms in total. The molecule has 5 aromatic rings. The zero-order chi connectivity index (χ0) is 28.9. The summed E-state index contributed by atoms with van der Waals surface area (Å²) in [7, 11) is 0. The van der Waals surface area contributed by atoms with Gasteiger partial charge in [-0.3, -0.25) is 14.3 Å². The number of primary amides is 1. The van der Waals surface area contributed by atoms with Gasteiger partial charge in [0.1, 0.15) is 17.0 Å². The van der Waals surface area contributed by atoms with E-state index in [2.05, 4.69) is 20.1 Å². The number of hydrogen-bond donors (Lipinski definition) is 2. The van der Waals surface area contributed by atoms with Gasteiger partial charge in [0, 0.05) is 36.1 Å². The molecule has 0 aliphatic rings. The van der Waals surface area contributed by atoms with Gasteiger partial charge in [0.15, 0.2) is 34.5 Å². The smallest absolute Gasteiger partial charge is 0.434 e. The Labute approximate surface area is 220 Å². The molecule has 4 aromatic heterocycles. The highest BCUT2D eigenvalue weighted by atomic mass is 19.4. The second-order valence-electron chi connectivity index (χ2n) is 8.83. The van der Waals surface area contributed by atoms with E-state index in [0.29, 0.717) is 6.07 Å². The van der Waals surface area contributed by atoms with Crippen molar-refractivity contribution in [3.8, 4) is 28.6 Å². The van der Waals surface area contributed by atoms with E-state index in [0.717, 1.165) is 24.4 Å². The van der Waals surface area contributed by atoms with Gasteiger partial charge >= 0.3 is 11.9 Å². The molecule has 1 amide bonds. The Hall–Kier alpha value is -5.08. The maximum absolute atomic E-state index is 15.3. The largest absolute Gasteiger partial charge is 0.452 e. The quantitative estimate of drug-likeness (QED) is 0.289. The predicted molar refractivity (Wildman–Crippen MR) is 131 cm³/mol. The normalized spacial score (nSPS) is 11.9. The Morgan fingerprint density at radius 1 is 1.05 bits per heavy atom. The maximum atomic E-state index is 15.3. The summed E-state index contributed by atoms with van der Waals surface area (Å²) in [6, 6.07) is 5.80. The summed E-state index contributed by atoms with van der Waals surface area (Å²) in [5.74, 6) is -4.27. The van der Waals surface area contributed by atoms with Crippen LogP contribution in [0.3, 0.4) is 0 Å². The number of fused-ring (bicyclic) bond motifs is 1. The molecule has 0 aliphatic heterocycles. The summed E-state index contributed by atoms with van der Waals surface area (Å²) in [5, 5.41) is 3.82. The third-order valence-electron chi connectivity index (χ3n) is 5.84. The number of nitrogens with one attached hydrogen (secondary N) is 1. The van der Waals surface area contributed by atoms with Crippen molar-refractivity contribution in [3.05, 3.63) is 82.2 Å². The number of carbonyl (C=O) groups is 1. The average Bonchev–Trinajstić information content (AvgIpc) is 3.44. The standard InChI is InChI=1S/C25H18F5N7O3/c1-11(2)36-20-16(6-8-33-23(20)34-24(36)39)40-15-4-3-12(9-14(15)27)19-18(22(31)38)21(25(28,29)30)37(35-19)17-10-13(26)5-7-32-17/h3-11H,1-2H3,(H2,31,38)(H,33,34,39). The van der Waals surface area contributed by atoms with E-state index in [1.54, 1.807) is 13.8 Å². The first-order valence-electron chi connectivity index (χ1n) is 11.6. The summed E-state index contributed by atoms with van der Waals surface area (Å²) in [4.78, 5) is 34.9. The highest BCUT2D eigenvalue weighted by Gasteiger charge is 2.43. The first-order chi connectivity index (χ1) is 18.9. The summed E-state index contributed by atoms with van der Waals surface area (Å²) >= 11 is 0. The topological polar surface area (TPSA) is 134 Å². The molecule has 0 aliphatic carbocycles. The van der Waals surface area contributed by atoms with Crippen LogP contribution in [0.25, 0.3) is 28.2 Å². The Kier molecular flexibility index (Phi) is 6.36. The van der Waals surface area contributed by atoms with Crippen molar-refractivity contribution in [3.63, 3.8) is 0 Å². The number of benzene rings is 1. The van der Waals surface area contributed by atoms with Crippen LogP contribution in [0, 0.1) is 11.6 Å². The molecule has 0 saturated heterocycles. The summed E-state index contributed by atoms with van der Waals surface area (Å²) in [5.41, 5.74) is 1.80. The molecule has 206 valence electrons. The minimum Gasteiger partial charge on any atom is -0.452 e. The molecule has 3 N–H and O–H groups in total. The number of halogens is 5. The number of rotatable bonds is 6. The van der Waals surface area contributed by atoms with Crippen LogP contribution in [-0.2, 0) is 6.18 Å². The highest BCUT2D eigenvalue weighted by Crippen LogP contribution is 2.39. The number of carbonyl (C=O) groups excluding carboxylic acids is 1. The fourth-order valence-electron chi connectivity index (χ4n) is 4.24. The zero-order valence-corrected chi connectivity index (χ0v) is 20.6. The molecule has 0 spiro atoms. The third-order valence-corrected chi connectivity index (χ3v) is 5.84. The summed E-state index contributed by atoms with van der Waals surface area (Å²) < 4.78 is 78.6. The van der Waals surface area contributed by atoms with E-state index in [-0.39, 0.29) is 38.9 Å². The molecule has 40 heavy (non-hydrogen) atoms. The number of hydrogen-bond acceptors (Lipinski definition) is 6. The van der Waals surface area contributed by atoms with Crippen molar-refractivity contribution >= 4 is 17.1 Å². The van der Waals surface area contributed by atoms with Gasteiger partial charge in [-0.15, -0.1) is 0 Å². The van der Waals surface area contributed by atoms with E-state index >= 15 is 4.39 Å². The van der Waals surface area contributed by atoms with E-state index in [1.165, 1.54) is 22.9 Å². The van der Waals surface area contributed by atoms with Gasteiger partial charge in [-0.25, -0.2) is 28.2 Å². The molecule has 0 atom stereocenters. The number of imidazole rings is 1. The highest BCUT2D eigenvalue weighted by molar-refractivity contribution is 6.00. The zero-order valence-electron chi connectivity index (χ0n) is 20.6. The molecule has 4 heterocycles. The molecule has 0 radical (unpaired) electrons. The average molecular weight is 559 g/mol. The van der Waals surface area contributed by atoms with Crippen molar-refractivity contribution in [2.45, 2.75) is 26.1 Å². The van der Waals surface area contributed by atoms with Crippen LogP contribution >= 0.6 is 0 Å². The molecule has 1 aromatic carbocycles. The molecular weight excluding hydrogens is 541 g/mol. The lowest BCUT2D eigenvalue weighted by Crippen LogP contribution is -2.21. The minimum absolute atomic E-state index is 0.0855. The maximum Gasteiger partial charge on any atom is 0.434 e. The molecule has 15 heteroatoms. The van der Waals surface area contributed by atoms with E-state index in [9.17, 15) is 27.2 Å². The SMILES string of the molecule is CC(C)n1c(=O)[nH]c2nccc(Oc3ccc(-c4nn(-c5cc(F)ccn5)c(C(F)(F)F)c4C(N)=O)cc3F)c21.